The van der Waals surface area contributed by atoms with Crippen LogP contribution in [0, 0.1) is 5.92 Å². The molecule has 9 heteroatoms. The van der Waals surface area contributed by atoms with Crippen LogP contribution in [-0.4, -0.2) is 50.8 Å². The summed E-state index contributed by atoms with van der Waals surface area (Å²) in [5, 5.41) is 15.5. The van der Waals surface area contributed by atoms with Crippen LogP contribution >= 0.6 is 11.3 Å². The van der Waals surface area contributed by atoms with Gasteiger partial charge in [-0.15, -0.1) is 5.10 Å². The van der Waals surface area contributed by atoms with Crippen molar-refractivity contribution in [3.8, 4) is 17.5 Å². The maximum absolute atomic E-state index is 11.9. The molecular weight excluding hydrogens is 416 g/mol. The van der Waals surface area contributed by atoms with Crippen LogP contribution in [0.4, 0.5) is 0 Å². The largest absolute Gasteiger partial charge is 0.492 e. The Morgan fingerprint density at radius 3 is 2.65 bits per heavy atom. The van der Waals surface area contributed by atoms with E-state index in [0.717, 1.165) is 36.4 Å². The number of ether oxygens (including phenoxy) is 1. The molecule has 1 saturated heterocycles. The van der Waals surface area contributed by atoms with Gasteiger partial charge in [0, 0.05) is 0 Å². The highest BCUT2D eigenvalue weighted by Gasteiger charge is 2.34. The fourth-order valence-corrected chi connectivity index (χ4v) is 5.28. The van der Waals surface area contributed by atoms with Crippen molar-refractivity contribution in [3.05, 3.63) is 59.2 Å². The summed E-state index contributed by atoms with van der Waals surface area (Å²) >= 11 is 1.41. The SMILES string of the molecule is COC(=O)C1CCN(C(c2ccccc2)c2sc3nc(-c4ccco4)nn3c2O)CC1. The first kappa shape index (κ1) is 19.8. The van der Waals surface area contributed by atoms with Gasteiger partial charge in [-0.3, -0.25) is 9.69 Å². The summed E-state index contributed by atoms with van der Waals surface area (Å²) in [6.07, 6.45) is 3.01. The van der Waals surface area contributed by atoms with Gasteiger partial charge >= 0.3 is 5.97 Å². The van der Waals surface area contributed by atoms with Crippen molar-refractivity contribution in [2.45, 2.75) is 18.9 Å². The van der Waals surface area contributed by atoms with Gasteiger partial charge in [0.2, 0.25) is 16.7 Å². The van der Waals surface area contributed by atoms with Gasteiger partial charge in [0.1, 0.15) is 0 Å². The molecule has 0 spiro atoms. The molecule has 31 heavy (non-hydrogen) atoms. The van der Waals surface area contributed by atoms with Crippen molar-refractivity contribution < 1.29 is 19.1 Å². The Bertz CT molecular complexity index is 1180. The van der Waals surface area contributed by atoms with Crippen LogP contribution in [0.25, 0.3) is 16.5 Å². The minimum atomic E-state index is -0.152. The minimum absolute atomic E-state index is 0.0780. The summed E-state index contributed by atoms with van der Waals surface area (Å²) in [4.78, 5) is 20.2. The first-order chi connectivity index (χ1) is 15.2. The predicted octanol–water partition coefficient (Wildman–Crippen LogP) is 3.73. The van der Waals surface area contributed by atoms with Crippen molar-refractivity contribution in [2.75, 3.05) is 20.2 Å². The zero-order chi connectivity index (χ0) is 21.4. The molecule has 8 nitrogen and oxygen atoms in total. The van der Waals surface area contributed by atoms with Crippen LogP contribution in [0.5, 0.6) is 5.88 Å². The lowest BCUT2D eigenvalue weighted by molar-refractivity contribution is -0.147. The maximum Gasteiger partial charge on any atom is 0.308 e. The van der Waals surface area contributed by atoms with E-state index in [9.17, 15) is 9.90 Å². The summed E-state index contributed by atoms with van der Waals surface area (Å²) < 4.78 is 11.8. The summed E-state index contributed by atoms with van der Waals surface area (Å²) in [6, 6.07) is 13.5. The van der Waals surface area contributed by atoms with Gasteiger partial charge in [0.25, 0.3) is 0 Å². The van der Waals surface area contributed by atoms with Gasteiger partial charge in [-0.25, -0.2) is 0 Å². The molecule has 3 aromatic heterocycles. The number of aromatic nitrogens is 3. The van der Waals surface area contributed by atoms with Gasteiger partial charge in [-0.1, -0.05) is 41.7 Å². The smallest absolute Gasteiger partial charge is 0.308 e. The molecule has 0 amide bonds. The number of esters is 1. The zero-order valence-corrected chi connectivity index (χ0v) is 17.8. The Hall–Kier alpha value is -3.17. The van der Waals surface area contributed by atoms with Crippen molar-refractivity contribution in [3.63, 3.8) is 0 Å². The molecule has 1 atom stereocenters. The van der Waals surface area contributed by atoms with Gasteiger partial charge in [-0.2, -0.15) is 9.50 Å². The number of nitrogens with zero attached hydrogens (tertiary/aromatic N) is 4. The fourth-order valence-electron chi connectivity index (χ4n) is 4.16. The van der Waals surface area contributed by atoms with E-state index in [4.69, 9.17) is 9.15 Å². The van der Waals surface area contributed by atoms with E-state index < -0.39 is 0 Å². The molecule has 1 aliphatic heterocycles. The zero-order valence-electron chi connectivity index (χ0n) is 17.0. The first-order valence-electron chi connectivity index (χ1n) is 10.1. The van der Waals surface area contributed by atoms with Gasteiger partial charge < -0.3 is 14.3 Å². The molecule has 160 valence electrons. The van der Waals surface area contributed by atoms with E-state index in [0.29, 0.717) is 16.5 Å². The first-order valence-corrected chi connectivity index (χ1v) is 11.0. The van der Waals surface area contributed by atoms with Crippen LogP contribution in [0.2, 0.25) is 0 Å². The molecule has 1 unspecified atom stereocenters. The second-order valence-corrected chi connectivity index (χ2v) is 8.55. The number of thiazole rings is 1. The lowest BCUT2D eigenvalue weighted by Gasteiger charge is -2.36. The number of hydrogen-bond donors (Lipinski definition) is 1. The average Bonchev–Trinajstić information content (AvgIpc) is 3.54. The summed E-state index contributed by atoms with van der Waals surface area (Å²) in [5.74, 6) is 0.844. The molecule has 0 radical (unpaired) electrons. The third-order valence-electron chi connectivity index (χ3n) is 5.73. The Morgan fingerprint density at radius 2 is 2.00 bits per heavy atom. The fraction of sp³-hybridized carbons (Fsp3) is 0.318. The van der Waals surface area contributed by atoms with Crippen LogP contribution in [0.1, 0.15) is 29.3 Å². The van der Waals surface area contributed by atoms with Crippen LogP contribution in [-0.2, 0) is 9.53 Å². The molecule has 4 heterocycles. The lowest BCUT2D eigenvalue weighted by atomic mass is 9.94. The maximum atomic E-state index is 11.9. The van der Waals surface area contributed by atoms with Crippen molar-refractivity contribution in [1.82, 2.24) is 19.5 Å². The van der Waals surface area contributed by atoms with Gasteiger partial charge in [0.15, 0.2) is 5.76 Å². The van der Waals surface area contributed by atoms with E-state index in [1.54, 1.807) is 18.4 Å². The topological polar surface area (TPSA) is 93.1 Å². The highest BCUT2D eigenvalue weighted by Crippen LogP contribution is 2.41. The Balaban J connectivity index is 1.50. The van der Waals surface area contributed by atoms with Crippen molar-refractivity contribution in [1.29, 1.82) is 0 Å². The number of methoxy groups -OCH3 is 1. The Morgan fingerprint density at radius 1 is 1.23 bits per heavy atom. The number of benzene rings is 1. The van der Waals surface area contributed by atoms with Crippen LogP contribution < -0.4 is 0 Å². The summed E-state index contributed by atoms with van der Waals surface area (Å²) in [7, 11) is 1.44. The monoisotopic (exact) mass is 438 g/mol. The number of aromatic hydroxyl groups is 1. The standard InChI is InChI=1S/C22H22N4O4S/c1-29-21(28)15-9-11-25(12-10-15)17(14-6-3-2-4-7-14)18-20(27)26-22(31-18)23-19(24-26)16-8-5-13-30-16/h2-8,13,15,17,27H,9-12H2,1H3. The Labute approximate surface area is 182 Å². The highest BCUT2D eigenvalue weighted by atomic mass is 32.1. The summed E-state index contributed by atoms with van der Waals surface area (Å²) in [5.41, 5.74) is 1.07. The van der Waals surface area contributed by atoms with E-state index in [1.165, 1.54) is 23.0 Å². The molecule has 0 saturated carbocycles. The van der Waals surface area contributed by atoms with Gasteiger partial charge in [-0.05, 0) is 43.6 Å². The number of piperidine rings is 1. The number of likely N-dealkylation sites (tertiary alicyclic amines) is 1. The Kier molecular flexibility index (Phi) is 5.21. The van der Waals surface area contributed by atoms with E-state index in [2.05, 4.69) is 27.1 Å². The minimum Gasteiger partial charge on any atom is -0.492 e. The molecule has 1 aromatic carbocycles. The third-order valence-corrected chi connectivity index (χ3v) is 6.81. The molecule has 1 fully saturated rings. The van der Waals surface area contributed by atoms with Crippen LogP contribution in [0.15, 0.2) is 53.1 Å². The molecule has 4 aromatic rings. The normalized spacial score (nSPS) is 16.5. The van der Waals surface area contributed by atoms with Crippen LogP contribution in [0.3, 0.4) is 0 Å². The predicted molar refractivity (Wildman–Crippen MR) is 115 cm³/mol. The average molecular weight is 439 g/mol. The summed E-state index contributed by atoms with van der Waals surface area (Å²) in [6.45, 7) is 1.45. The second kappa shape index (κ2) is 8.16. The lowest BCUT2D eigenvalue weighted by Crippen LogP contribution is -2.39. The molecule has 0 bridgehead atoms. The number of hydrogen-bond acceptors (Lipinski definition) is 8. The quantitative estimate of drug-likeness (QED) is 0.475. The number of rotatable bonds is 5. The highest BCUT2D eigenvalue weighted by molar-refractivity contribution is 7.17. The number of fused-ring (bicyclic) bond motifs is 1. The molecule has 5 rings (SSSR count). The van der Waals surface area contributed by atoms with E-state index >= 15 is 0 Å². The molecule has 1 aliphatic rings. The number of carbonyl (C=O) groups is 1. The van der Waals surface area contributed by atoms with Gasteiger partial charge in [0.05, 0.1) is 30.2 Å². The molecule has 0 aliphatic carbocycles. The number of carbonyl (C=O) groups excluding carboxylic acids is 1. The third kappa shape index (κ3) is 3.60. The molecular formula is C22H22N4O4S. The van der Waals surface area contributed by atoms with Crippen molar-refractivity contribution in [2.24, 2.45) is 5.92 Å². The number of furan rings is 1. The molecule has 1 N–H and O–H groups in total. The van der Waals surface area contributed by atoms with Crippen molar-refractivity contribution >= 4 is 22.3 Å². The second-order valence-electron chi connectivity index (χ2n) is 7.54. The van der Waals surface area contributed by atoms with E-state index in [1.807, 2.05) is 18.2 Å². The van der Waals surface area contributed by atoms with E-state index in [-0.39, 0.29) is 23.8 Å².